The number of piperazine rings is 1. The molecule has 0 saturated carbocycles. The Kier molecular flexibility index (Phi) is 11.2. The summed E-state index contributed by atoms with van der Waals surface area (Å²) in [5.41, 5.74) is 1.97. The number of nitrogens with zero attached hydrogens (tertiary/aromatic N) is 8. The Balaban J connectivity index is 1.08. The first-order chi connectivity index (χ1) is 28.9. The van der Waals surface area contributed by atoms with Gasteiger partial charge in [0.15, 0.2) is 17.3 Å². The molecule has 0 unspecified atom stereocenters. The van der Waals surface area contributed by atoms with E-state index in [-0.39, 0.29) is 73.1 Å². The molecule has 19 heteroatoms. The molecule has 6 heterocycles. The van der Waals surface area contributed by atoms with Crippen LogP contribution in [0, 0.1) is 0 Å². The number of ether oxygens (including phenoxy) is 3. The minimum absolute atomic E-state index is 0.0135. The minimum Gasteiger partial charge on any atom is -0.497 e. The Labute approximate surface area is 345 Å². The number of alkyl halides is 3. The standard InChI is InChI=1S/C41H39ClF3N9O6/c1-3-32-35(50-16-18-51(19-17-50)38(56)36-33(11-7-28-12-15-46-53(28)36)60-24-25-4-8-29(58-2)9-5-25)39(57)54-40(48-37(49-54)26-13-20-59-21-14-26)52(32)23-34(55)47-31-10-6-27(22-30(31)42)41(43,44)45/h4-13,15,22H,3,14,16-21,23-24H2,1-2H3,(H,47,55). The number of pyridine rings is 1. The van der Waals surface area contributed by atoms with Crippen molar-refractivity contribution in [2.45, 2.75) is 39.1 Å². The molecular formula is C41H39ClF3N9O6. The highest BCUT2D eigenvalue weighted by atomic mass is 35.5. The Morgan fingerprint density at radius 1 is 1.00 bits per heavy atom. The van der Waals surface area contributed by atoms with Crippen molar-refractivity contribution < 1.29 is 37.0 Å². The SMILES string of the molecule is CCc1c(N2CCN(C(=O)c3c(OCc4ccc(OC)cc4)ccc4ccnn34)CC2)c(=O)n2nc(C3=CCOCC3)nc2n1CC(=O)Nc1ccc(C(F)(F)F)cc1Cl. The molecular weight excluding hydrogens is 807 g/mol. The largest absolute Gasteiger partial charge is 0.497 e. The second-order valence-corrected chi connectivity index (χ2v) is 14.5. The first-order valence-corrected chi connectivity index (χ1v) is 19.5. The van der Waals surface area contributed by atoms with Crippen LogP contribution in [0.25, 0.3) is 16.9 Å². The number of hydrogen-bond acceptors (Lipinski definition) is 10. The maximum absolute atomic E-state index is 14.4. The van der Waals surface area contributed by atoms with Gasteiger partial charge < -0.3 is 33.9 Å². The lowest BCUT2D eigenvalue weighted by Crippen LogP contribution is -2.51. The van der Waals surface area contributed by atoms with E-state index in [1.165, 1.54) is 4.52 Å². The van der Waals surface area contributed by atoms with Gasteiger partial charge in [-0.3, -0.25) is 14.4 Å². The first kappa shape index (κ1) is 40.4. The Morgan fingerprint density at radius 3 is 2.47 bits per heavy atom. The van der Waals surface area contributed by atoms with Crippen LogP contribution in [0.4, 0.5) is 24.5 Å². The summed E-state index contributed by atoms with van der Waals surface area (Å²) in [5.74, 6) is 0.562. The van der Waals surface area contributed by atoms with Crippen LogP contribution in [0.15, 0.2) is 77.7 Å². The number of anilines is 2. The zero-order valence-corrected chi connectivity index (χ0v) is 33.3. The fraction of sp³-hybridized carbons (Fsp3) is 0.317. The molecule has 15 nitrogen and oxygen atoms in total. The molecule has 0 spiro atoms. The molecule has 4 aromatic heterocycles. The smallest absolute Gasteiger partial charge is 0.416 e. The highest BCUT2D eigenvalue weighted by Crippen LogP contribution is 2.34. The zero-order valence-electron chi connectivity index (χ0n) is 32.5. The molecule has 0 atom stereocenters. The first-order valence-electron chi connectivity index (χ1n) is 19.2. The third-order valence-corrected chi connectivity index (χ3v) is 10.8. The Morgan fingerprint density at radius 2 is 1.78 bits per heavy atom. The number of nitrogens with one attached hydrogen (secondary N) is 1. The molecule has 8 rings (SSSR count). The van der Waals surface area contributed by atoms with Crippen molar-refractivity contribution in [2.75, 3.05) is 56.7 Å². The van der Waals surface area contributed by atoms with Gasteiger partial charge in [0, 0.05) is 26.2 Å². The molecule has 2 amide bonds. The monoisotopic (exact) mass is 845 g/mol. The van der Waals surface area contributed by atoms with E-state index in [0.717, 1.165) is 29.3 Å². The predicted molar refractivity (Wildman–Crippen MR) is 216 cm³/mol. The summed E-state index contributed by atoms with van der Waals surface area (Å²) in [6, 6.07) is 15.5. The number of halogens is 4. The van der Waals surface area contributed by atoms with Crippen LogP contribution in [0.2, 0.25) is 5.02 Å². The topological polar surface area (TPSA) is 150 Å². The number of hydrogen-bond donors (Lipinski definition) is 1. The van der Waals surface area contributed by atoms with Crippen molar-refractivity contribution in [2.24, 2.45) is 0 Å². The molecule has 60 heavy (non-hydrogen) atoms. The fourth-order valence-corrected chi connectivity index (χ4v) is 7.60. The second-order valence-electron chi connectivity index (χ2n) is 14.1. The summed E-state index contributed by atoms with van der Waals surface area (Å²) < 4.78 is 61.1. The average Bonchev–Trinajstić information content (AvgIpc) is 3.93. The van der Waals surface area contributed by atoms with Crippen LogP contribution in [0.3, 0.4) is 0 Å². The van der Waals surface area contributed by atoms with E-state index in [9.17, 15) is 27.6 Å². The molecule has 6 aromatic rings. The predicted octanol–water partition coefficient (Wildman–Crippen LogP) is 5.77. The van der Waals surface area contributed by atoms with Crippen LogP contribution in [-0.2, 0) is 35.3 Å². The zero-order chi connectivity index (χ0) is 42.1. The average molecular weight is 846 g/mol. The number of amides is 2. The highest BCUT2D eigenvalue weighted by molar-refractivity contribution is 6.33. The highest BCUT2D eigenvalue weighted by Gasteiger charge is 2.33. The summed E-state index contributed by atoms with van der Waals surface area (Å²) in [4.78, 5) is 50.7. The molecule has 2 aliphatic rings. The van der Waals surface area contributed by atoms with Gasteiger partial charge >= 0.3 is 6.18 Å². The van der Waals surface area contributed by atoms with Crippen molar-refractivity contribution in [3.05, 3.63) is 117 Å². The van der Waals surface area contributed by atoms with Crippen LogP contribution >= 0.6 is 11.6 Å². The van der Waals surface area contributed by atoms with E-state index in [1.807, 2.05) is 48.2 Å². The molecule has 312 valence electrons. The van der Waals surface area contributed by atoms with Gasteiger partial charge in [-0.2, -0.15) is 27.8 Å². The van der Waals surface area contributed by atoms with Gasteiger partial charge in [0.25, 0.3) is 11.5 Å². The number of methoxy groups -OCH3 is 1. The summed E-state index contributed by atoms with van der Waals surface area (Å²) >= 11 is 6.17. The number of fused-ring (bicyclic) bond motifs is 2. The van der Waals surface area contributed by atoms with Crippen LogP contribution in [0.5, 0.6) is 11.5 Å². The van der Waals surface area contributed by atoms with Gasteiger partial charge in [0.05, 0.1) is 54.0 Å². The maximum Gasteiger partial charge on any atom is 0.416 e. The van der Waals surface area contributed by atoms with E-state index in [1.54, 1.807) is 39.4 Å². The van der Waals surface area contributed by atoms with Gasteiger partial charge in [-0.1, -0.05) is 36.7 Å². The number of carbonyl (C=O) groups excluding carboxylic acids is 2. The van der Waals surface area contributed by atoms with Gasteiger partial charge in [-0.15, -0.1) is 5.10 Å². The van der Waals surface area contributed by atoms with Crippen molar-refractivity contribution in [3.8, 4) is 11.5 Å². The molecule has 1 fully saturated rings. The van der Waals surface area contributed by atoms with Crippen LogP contribution in [-0.4, -0.2) is 92.0 Å². The number of carbonyl (C=O) groups is 2. The van der Waals surface area contributed by atoms with Crippen LogP contribution < -0.4 is 25.2 Å². The third-order valence-electron chi connectivity index (χ3n) is 10.4. The molecule has 2 aromatic carbocycles. The maximum atomic E-state index is 14.4. The number of rotatable bonds is 11. The fourth-order valence-electron chi connectivity index (χ4n) is 7.37. The van der Waals surface area contributed by atoms with Gasteiger partial charge in [0.1, 0.15) is 24.6 Å². The summed E-state index contributed by atoms with van der Waals surface area (Å²) in [5, 5.41) is 11.3. The lowest BCUT2D eigenvalue weighted by Gasteiger charge is -2.37. The van der Waals surface area contributed by atoms with E-state index in [2.05, 4.69) is 15.5 Å². The quantitative estimate of drug-likeness (QED) is 0.171. The molecule has 0 bridgehead atoms. The van der Waals surface area contributed by atoms with Gasteiger partial charge in [-0.25, -0.2) is 4.52 Å². The van der Waals surface area contributed by atoms with E-state index in [4.69, 9.17) is 30.8 Å². The molecule has 0 aliphatic carbocycles. The van der Waals surface area contributed by atoms with Crippen molar-refractivity contribution in [3.63, 3.8) is 0 Å². The third kappa shape index (κ3) is 7.99. The molecule has 1 saturated heterocycles. The number of aromatic nitrogens is 6. The van der Waals surface area contributed by atoms with Gasteiger partial charge in [0.2, 0.25) is 11.7 Å². The Bertz CT molecular complexity index is 2690. The van der Waals surface area contributed by atoms with E-state index < -0.39 is 23.2 Å². The van der Waals surface area contributed by atoms with Crippen LogP contribution in [0.1, 0.15) is 46.5 Å². The minimum atomic E-state index is -4.62. The lowest BCUT2D eigenvalue weighted by molar-refractivity contribution is -0.137. The molecule has 0 radical (unpaired) electrons. The summed E-state index contributed by atoms with van der Waals surface area (Å²) in [6.45, 7) is 3.45. The normalized spacial score (nSPS) is 14.7. The van der Waals surface area contributed by atoms with Crippen molar-refractivity contribution in [1.29, 1.82) is 0 Å². The van der Waals surface area contributed by atoms with Crippen molar-refractivity contribution >= 4 is 51.7 Å². The molecule has 1 N–H and O–H groups in total. The number of benzene rings is 2. The lowest BCUT2D eigenvalue weighted by atomic mass is 10.1. The van der Waals surface area contributed by atoms with Gasteiger partial charge in [-0.05, 0) is 72.5 Å². The summed E-state index contributed by atoms with van der Waals surface area (Å²) in [7, 11) is 1.59. The van der Waals surface area contributed by atoms with E-state index >= 15 is 0 Å². The summed E-state index contributed by atoms with van der Waals surface area (Å²) in [6.07, 6.45) is -0.361. The van der Waals surface area contributed by atoms with E-state index in [0.29, 0.717) is 54.6 Å². The molecule has 2 aliphatic heterocycles. The van der Waals surface area contributed by atoms with Crippen molar-refractivity contribution in [1.82, 2.24) is 33.7 Å². The Hall–Kier alpha value is -6.40. The second kappa shape index (κ2) is 16.7.